The molecule has 0 aromatic carbocycles. The highest BCUT2D eigenvalue weighted by Gasteiger charge is 2.03. The zero-order chi connectivity index (χ0) is 5.82. The van der Waals surface area contributed by atoms with Gasteiger partial charge in [-0.1, -0.05) is 0 Å². The predicted molar refractivity (Wildman–Crippen MR) is 33.4 cm³/mol. The molecule has 1 rings (SSSR count). The first-order valence-electron chi connectivity index (χ1n) is 2.96. The fraction of sp³-hybridized carbons (Fsp3) is 0.833. The maximum atomic E-state index is 5.12. The van der Waals surface area contributed by atoms with Crippen molar-refractivity contribution in [2.24, 2.45) is 4.99 Å². The minimum atomic E-state index is 0.868. The van der Waals surface area contributed by atoms with Crippen molar-refractivity contribution in [2.45, 2.75) is 12.8 Å². The smallest absolute Gasteiger partial charge is 0.0518 e. The number of ether oxygens (including phenoxy) is 1. The van der Waals surface area contributed by atoms with Crippen molar-refractivity contribution in [3.8, 4) is 0 Å². The molecule has 46 valence electrons. The second-order valence-electron chi connectivity index (χ2n) is 1.90. The average Bonchev–Trinajstić information content (AvgIpc) is 1.90. The Morgan fingerprint density at radius 1 is 1.38 bits per heavy atom. The lowest BCUT2D eigenvalue weighted by atomic mass is 10.2. The SMILES string of the molecule is CN=C1CCOCC1. The van der Waals surface area contributed by atoms with E-state index >= 15 is 0 Å². The molecule has 2 nitrogen and oxygen atoms in total. The number of aliphatic imine (C=N–C) groups is 1. The van der Waals surface area contributed by atoms with Crippen LogP contribution >= 0.6 is 0 Å². The van der Waals surface area contributed by atoms with Crippen molar-refractivity contribution < 1.29 is 4.74 Å². The van der Waals surface area contributed by atoms with Crippen LogP contribution < -0.4 is 0 Å². The van der Waals surface area contributed by atoms with Gasteiger partial charge in [-0.2, -0.15) is 0 Å². The summed E-state index contributed by atoms with van der Waals surface area (Å²) in [6, 6.07) is 0. The Kier molecular flexibility index (Phi) is 2.03. The third-order valence-corrected chi connectivity index (χ3v) is 1.39. The molecule has 8 heavy (non-hydrogen) atoms. The van der Waals surface area contributed by atoms with Gasteiger partial charge >= 0.3 is 0 Å². The molecule has 0 aromatic heterocycles. The van der Waals surface area contributed by atoms with Gasteiger partial charge in [0.25, 0.3) is 0 Å². The molecule has 1 fully saturated rings. The van der Waals surface area contributed by atoms with Crippen LogP contribution in [0, 0.1) is 0 Å². The second-order valence-corrected chi connectivity index (χ2v) is 1.90. The van der Waals surface area contributed by atoms with E-state index in [0.29, 0.717) is 0 Å². The van der Waals surface area contributed by atoms with Gasteiger partial charge in [0.1, 0.15) is 0 Å². The van der Waals surface area contributed by atoms with E-state index in [4.69, 9.17) is 4.74 Å². The molecule has 2 heteroatoms. The van der Waals surface area contributed by atoms with Crippen LogP contribution in [-0.4, -0.2) is 26.0 Å². The molecule has 0 radical (unpaired) electrons. The normalized spacial score (nSPS) is 20.9. The monoisotopic (exact) mass is 113 g/mol. The van der Waals surface area contributed by atoms with Crippen molar-refractivity contribution in [3.63, 3.8) is 0 Å². The van der Waals surface area contributed by atoms with Crippen LogP contribution in [0.25, 0.3) is 0 Å². The molecule has 0 N–H and O–H groups in total. The maximum Gasteiger partial charge on any atom is 0.0518 e. The molecule has 0 bridgehead atoms. The van der Waals surface area contributed by atoms with E-state index in [9.17, 15) is 0 Å². The summed E-state index contributed by atoms with van der Waals surface area (Å²) in [4.78, 5) is 4.08. The van der Waals surface area contributed by atoms with Crippen molar-refractivity contribution >= 4 is 5.71 Å². The van der Waals surface area contributed by atoms with Crippen LogP contribution in [0.1, 0.15) is 12.8 Å². The Morgan fingerprint density at radius 3 is 2.38 bits per heavy atom. The van der Waals surface area contributed by atoms with Gasteiger partial charge in [-0.25, -0.2) is 0 Å². The van der Waals surface area contributed by atoms with Crippen LogP contribution in [0.5, 0.6) is 0 Å². The van der Waals surface area contributed by atoms with Crippen LogP contribution in [0.15, 0.2) is 4.99 Å². The highest BCUT2D eigenvalue weighted by Crippen LogP contribution is 2.00. The summed E-state index contributed by atoms with van der Waals surface area (Å²) >= 11 is 0. The summed E-state index contributed by atoms with van der Waals surface area (Å²) in [6.45, 7) is 1.74. The topological polar surface area (TPSA) is 21.6 Å². The third kappa shape index (κ3) is 1.30. The van der Waals surface area contributed by atoms with E-state index < -0.39 is 0 Å². The molecular formula is C6H11NO. The zero-order valence-electron chi connectivity index (χ0n) is 5.18. The van der Waals surface area contributed by atoms with Gasteiger partial charge < -0.3 is 4.74 Å². The quantitative estimate of drug-likeness (QED) is 0.456. The molecule has 0 aliphatic carbocycles. The van der Waals surface area contributed by atoms with Gasteiger partial charge in [0.2, 0.25) is 0 Å². The predicted octanol–water partition coefficient (Wildman–Crippen LogP) is 0.868. The molecular weight excluding hydrogens is 102 g/mol. The molecule has 1 aliphatic heterocycles. The Hall–Kier alpha value is -0.370. The molecule has 0 amide bonds. The number of nitrogens with zero attached hydrogens (tertiary/aromatic N) is 1. The molecule has 0 atom stereocenters. The first kappa shape index (κ1) is 5.76. The van der Waals surface area contributed by atoms with Crippen LogP contribution in [0.4, 0.5) is 0 Å². The van der Waals surface area contributed by atoms with E-state index in [1.165, 1.54) is 5.71 Å². The summed E-state index contributed by atoms with van der Waals surface area (Å²) in [5.41, 5.74) is 1.30. The van der Waals surface area contributed by atoms with Gasteiger partial charge in [0, 0.05) is 25.6 Å². The molecule has 0 spiro atoms. The summed E-state index contributed by atoms with van der Waals surface area (Å²) in [7, 11) is 1.85. The van der Waals surface area contributed by atoms with Gasteiger partial charge in [-0.05, 0) is 0 Å². The van der Waals surface area contributed by atoms with E-state index in [1.807, 2.05) is 7.05 Å². The number of rotatable bonds is 0. The van der Waals surface area contributed by atoms with Crippen LogP contribution in [0.3, 0.4) is 0 Å². The van der Waals surface area contributed by atoms with Crippen molar-refractivity contribution in [1.82, 2.24) is 0 Å². The summed E-state index contributed by atoms with van der Waals surface area (Å²) in [5, 5.41) is 0. The van der Waals surface area contributed by atoms with Crippen molar-refractivity contribution in [1.29, 1.82) is 0 Å². The maximum absolute atomic E-state index is 5.12. The summed E-state index contributed by atoms with van der Waals surface area (Å²) < 4.78 is 5.12. The molecule has 0 unspecified atom stereocenters. The number of hydrogen-bond acceptors (Lipinski definition) is 2. The fourth-order valence-electron chi connectivity index (χ4n) is 0.831. The van der Waals surface area contributed by atoms with Crippen molar-refractivity contribution in [2.75, 3.05) is 20.3 Å². The highest BCUT2D eigenvalue weighted by atomic mass is 16.5. The van der Waals surface area contributed by atoms with E-state index in [-0.39, 0.29) is 0 Å². The second kappa shape index (κ2) is 2.82. The highest BCUT2D eigenvalue weighted by molar-refractivity contribution is 5.84. The Balaban J connectivity index is 2.33. The van der Waals surface area contributed by atoms with Gasteiger partial charge in [-0.3, -0.25) is 4.99 Å². The molecule has 1 saturated heterocycles. The van der Waals surface area contributed by atoms with Crippen LogP contribution in [0.2, 0.25) is 0 Å². The fourth-order valence-corrected chi connectivity index (χ4v) is 0.831. The molecule has 0 aromatic rings. The lowest BCUT2D eigenvalue weighted by Gasteiger charge is -2.11. The molecule has 1 heterocycles. The van der Waals surface area contributed by atoms with E-state index in [2.05, 4.69) is 4.99 Å². The first-order valence-corrected chi connectivity index (χ1v) is 2.96. The van der Waals surface area contributed by atoms with E-state index in [1.54, 1.807) is 0 Å². The van der Waals surface area contributed by atoms with Gasteiger partial charge in [-0.15, -0.1) is 0 Å². The minimum absolute atomic E-state index is 0.868. The van der Waals surface area contributed by atoms with Gasteiger partial charge in [0.05, 0.1) is 13.2 Å². The Bertz CT molecular complexity index is 90.7. The zero-order valence-corrected chi connectivity index (χ0v) is 5.18. The van der Waals surface area contributed by atoms with E-state index in [0.717, 1.165) is 26.1 Å². The minimum Gasteiger partial charge on any atom is -0.381 e. The Morgan fingerprint density at radius 2 is 2.00 bits per heavy atom. The average molecular weight is 113 g/mol. The Labute approximate surface area is 49.6 Å². The first-order chi connectivity index (χ1) is 3.93. The largest absolute Gasteiger partial charge is 0.381 e. The standard InChI is InChI=1S/C6H11NO/c1-7-6-2-4-8-5-3-6/h2-5H2,1H3. The summed E-state index contributed by atoms with van der Waals surface area (Å²) in [5.74, 6) is 0. The number of hydrogen-bond donors (Lipinski definition) is 0. The lowest BCUT2D eigenvalue weighted by molar-refractivity contribution is 0.134. The third-order valence-electron chi connectivity index (χ3n) is 1.39. The van der Waals surface area contributed by atoms with Gasteiger partial charge in [0.15, 0.2) is 0 Å². The summed E-state index contributed by atoms with van der Waals surface area (Å²) in [6.07, 6.45) is 2.08. The lowest BCUT2D eigenvalue weighted by Crippen LogP contribution is -2.14. The van der Waals surface area contributed by atoms with Crippen molar-refractivity contribution in [3.05, 3.63) is 0 Å². The molecule has 1 aliphatic rings. The van der Waals surface area contributed by atoms with Crippen LogP contribution in [-0.2, 0) is 4.74 Å². The molecule has 0 saturated carbocycles.